The molecule has 226 valence electrons. The third-order valence-corrected chi connectivity index (χ3v) is 5.80. The standard InChI is InChI=1S/C16H14N3O.C16H14N3.2ClH.2Pd/c1-12-10-13(2)19(18-12)14-6-5-7-15(11-14)20-16-8-3-4-9-17-16;1-12-10-13(2)19(18-12)15-7-5-6-14(11-15)16-8-3-4-9-17-16;;;;/h3-10H,1-2H3;3-10H,1-2H3;2*1H;;/q2*-1;;;2*+2/p-2. The summed E-state index contributed by atoms with van der Waals surface area (Å²) in [5, 5.41) is 8.92. The van der Waals surface area contributed by atoms with Gasteiger partial charge in [0.2, 0.25) is 5.88 Å². The first kappa shape index (κ1) is 34.4. The number of halogens is 2. The SMILES string of the molecule is Cc1cc(C)n(-c2[c-]c(-c3ccccn3)ccc2)n1.Cc1cc(C)n(-c2[c-]c(Oc3ccccn3)ccc2)n1.[Cl][Pd+].[Cl][Pd+]. The molecule has 0 amide bonds. The molecule has 0 bridgehead atoms. The fourth-order valence-corrected chi connectivity index (χ4v) is 4.14. The van der Waals surface area contributed by atoms with E-state index in [1.165, 1.54) is 0 Å². The molecule has 0 aliphatic carbocycles. The van der Waals surface area contributed by atoms with Crippen molar-refractivity contribution >= 4 is 19.1 Å². The summed E-state index contributed by atoms with van der Waals surface area (Å²) >= 11 is 4.44. The van der Waals surface area contributed by atoms with Crippen molar-refractivity contribution in [2.75, 3.05) is 0 Å². The van der Waals surface area contributed by atoms with E-state index in [9.17, 15) is 0 Å². The predicted molar refractivity (Wildman–Crippen MR) is 163 cm³/mol. The van der Waals surface area contributed by atoms with Crippen LogP contribution in [0.2, 0.25) is 0 Å². The molecule has 0 fully saturated rings. The van der Waals surface area contributed by atoms with Crippen LogP contribution in [0.3, 0.4) is 0 Å². The number of ether oxygens (including phenoxy) is 1. The Morgan fingerprint density at radius 3 is 1.70 bits per heavy atom. The van der Waals surface area contributed by atoms with Crippen molar-refractivity contribution in [3.63, 3.8) is 0 Å². The molecule has 43 heavy (non-hydrogen) atoms. The fourth-order valence-electron chi connectivity index (χ4n) is 4.14. The molecule has 0 aliphatic heterocycles. The normalized spacial score (nSPS) is 9.91. The molecule has 0 atom stereocenters. The topological polar surface area (TPSA) is 70.7 Å². The zero-order chi connectivity index (χ0) is 31.2. The third-order valence-electron chi connectivity index (χ3n) is 5.80. The summed E-state index contributed by atoms with van der Waals surface area (Å²) in [6, 6.07) is 33.8. The van der Waals surface area contributed by atoms with Gasteiger partial charge in [0.15, 0.2) is 0 Å². The zero-order valence-corrected chi connectivity index (χ0v) is 28.3. The van der Waals surface area contributed by atoms with Crippen LogP contribution in [-0.4, -0.2) is 29.5 Å². The molecule has 4 heterocycles. The van der Waals surface area contributed by atoms with E-state index in [1.807, 2.05) is 116 Å². The first-order chi connectivity index (χ1) is 21.0. The monoisotopic (exact) mass is 794 g/mol. The van der Waals surface area contributed by atoms with E-state index in [1.54, 1.807) is 12.4 Å². The van der Waals surface area contributed by atoms with Gasteiger partial charge in [0, 0.05) is 35.6 Å². The van der Waals surface area contributed by atoms with E-state index in [0.29, 0.717) is 11.6 Å². The Hall–Kier alpha value is -3.14. The van der Waals surface area contributed by atoms with Crippen molar-refractivity contribution in [3.05, 3.63) is 132 Å². The second kappa shape index (κ2) is 17.9. The quantitative estimate of drug-likeness (QED) is 0.130. The molecular formula is C32H28Cl2N6OPd2. The van der Waals surface area contributed by atoms with E-state index in [2.05, 4.69) is 93.8 Å². The molecule has 6 aromatic rings. The minimum atomic E-state index is 0.550. The molecule has 0 saturated carbocycles. The second-order valence-corrected chi connectivity index (χ2v) is 9.01. The van der Waals surface area contributed by atoms with Crippen LogP contribution in [0.1, 0.15) is 22.8 Å². The molecule has 0 unspecified atom stereocenters. The van der Waals surface area contributed by atoms with Crippen LogP contribution in [0, 0.1) is 39.8 Å². The Labute approximate surface area is 282 Å². The van der Waals surface area contributed by atoms with Crippen LogP contribution >= 0.6 is 19.1 Å². The Morgan fingerprint density at radius 1 is 0.628 bits per heavy atom. The number of nitrogens with zero attached hydrogens (tertiary/aromatic N) is 6. The number of rotatable bonds is 5. The zero-order valence-electron chi connectivity index (χ0n) is 23.7. The first-order valence-corrected chi connectivity index (χ1v) is 16.8. The Bertz CT molecular complexity index is 1700. The van der Waals surface area contributed by atoms with Gasteiger partial charge < -0.3 is 9.72 Å². The number of pyridine rings is 2. The molecule has 0 saturated heterocycles. The Morgan fingerprint density at radius 2 is 1.19 bits per heavy atom. The van der Waals surface area contributed by atoms with Crippen LogP contribution < -0.4 is 4.74 Å². The molecular weight excluding hydrogens is 768 g/mol. The van der Waals surface area contributed by atoms with Crippen LogP contribution in [0.5, 0.6) is 11.6 Å². The van der Waals surface area contributed by atoms with Gasteiger partial charge in [-0.15, -0.1) is 48.0 Å². The number of aromatic nitrogens is 6. The maximum atomic E-state index is 5.68. The summed E-state index contributed by atoms with van der Waals surface area (Å²) in [7, 11) is 8.98. The van der Waals surface area contributed by atoms with Crippen molar-refractivity contribution < 1.29 is 41.1 Å². The summed E-state index contributed by atoms with van der Waals surface area (Å²) < 4.78 is 9.43. The minimum absolute atomic E-state index is 0.550. The van der Waals surface area contributed by atoms with Gasteiger partial charge in [-0.3, -0.25) is 9.36 Å². The predicted octanol–water partition coefficient (Wildman–Crippen LogP) is 8.20. The summed E-state index contributed by atoms with van der Waals surface area (Å²) in [6.45, 7) is 8.02. The van der Waals surface area contributed by atoms with E-state index >= 15 is 0 Å². The fraction of sp³-hybridized carbons (Fsp3) is 0.125. The number of hydrogen-bond donors (Lipinski definition) is 0. The maximum absolute atomic E-state index is 5.68. The second-order valence-electron chi connectivity index (χ2n) is 9.01. The van der Waals surface area contributed by atoms with E-state index in [-0.39, 0.29) is 0 Å². The molecule has 6 rings (SSSR count). The van der Waals surface area contributed by atoms with Crippen molar-refractivity contribution in [2.45, 2.75) is 27.7 Å². The molecule has 0 aliphatic rings. The van der Waals surface area contributed by atoms with Crippen molar-refractivity contribution in [2.24, 2.45) is 0 Å². The number of hydrogen-bond acceptors (Lipinski definition) is 5. The van der Waals surface area contributed by atoms with E-state index < -0.39 is 0 Å². The molecule has 2 aromatic carbocycles. The Balaban J connectivity index is 0.000000212. The average molecular weight is 796 g/mol. The summed E-state index contributed by atoms with van der Waals surface area (Å²) in [6.07, 6.45) is 3.49. The molecule has 0 spiro atoms. The summed E-state index contributed by atoms with van der Waals surface area (Å²) in [5.41, 5.74) is 7.84. The molecule has 7 nitrogen and oxygen atoms in total. The van der Waals surface area contributed by atoms with Gasteiger partial charge in [0.1, 0.15) is 0 Å². The number of benzene rings is 2. The molecule has 11 heteroatoms. The molecule has 0 N–H and O–H groups in total. The summed E-state index contributed by atoms with van der Waals surface area (Å²) in [4.78, 5) is 8.48. The molecule has 0 radical (unpaired) electrons. The Kier molecular flexibility index (Phi) is 14.3. The number of aryl methyl sites for hydroxylation is 4. The first-order valence-electron chi connectivity index (χ1n) is 12.8. The molecule has 4 aromatic heterocycles. The van der Waals surface area contributed by atoms with Gasteiger partial charge >= 0.3 is 55.4 Å². The van der Waals surface area contributed by atoms with E-state index in [0.717, 1.165) is 45.4 Å². The average Bonchev–Trinajstić information content (AvgIpc) is 3.59. The van der Waals surface area contributed by atoms with Crippen molar-refractivity contribution in [1.29, 1.82) is 0 Å². The van der Waals surface area contributed by atoms with Crippen LogP contribution in [-0.2, 0) is 36.4 Å². The van der Waals surface area contributed by atoms with Crippen molar-refractivity contribution in [1.82, 2.24) is 29.5 Å². The summed E-state index contributed by atoms with van der Waals surface area (Å²) in [5.74, 6) is 1.17. The van der Waals surface area contributed by atoms with Crippen LogP contribution in [0.25, 0.3) is 22.6 Å². The van der Waals surface area contributed by atoms with Crippen LogP contribution in [0.15, 0.2) is 97.3 Å². The van der Waals surface area contributed by atoms with Gasteiger partial charge in [-0.1, -0.05) is 18.2 Å². The van der Waals surface area contributed by atoms with Crippen LogP contribution in [0.4, 0.5) is 0 Å². The van der Waals surface area contributed by atoms with Gasteiger partial charge in [0.05, 0.1) is 11.4 Å². The third kappa shape index (κ3) is 9.95. The van der Waals surface area contributed by atoms with Crippen molar-refractivity contribution in [3.8, 4) is 34.3 Å². The van der Waals surface area contributed by atoms with Gasteiger partial charge in [0.25, 0.3) is 0 Å². The van der Waals surface area contributed by atoms with Gasteiger partial charge in [-0.2, -0.15) is 16.3 Å². The van der Waals surface area contributed by atoms with E-state index in [4.69, 9.17) is 4.74 Å². The van der Waals surface area contributed by atoms with Gasteiger partial charge in [-0.05, 0) is 69.0 Å². The van der Waals surface area contributed by atoms with Gasteiger partial charge in [-0.25, -0.2) is 4.98 Å².